The average molecular weight is 615 g/mol. The topological polar surface area (TPSA) is 93.7 Å². The average Bonchev–Trinajstić information content (AvgIpc) is 2.96. The summed E-state index contributed by atoms with van der Waals surface area (Å²) >= 11 is 0. The highest BCUT2D eigenvalue weighted by Crippen LogP contribution is 2.27. The van der Waals surface area contributed by atoms with Gasteiger partial charge in [-0.1, -0.05) is 81.4 Å². The number of nitrogens with one attached hydrogen (secondary N) is 2. The fourth-order valence-corrected chi connectivity index (χ4v) is 5.12. The van der Waals surface area contributed by atoms with Crippen LogP contribution in [0.2, 0.25) is 0 Å². The van der Waals surface area contributed by atoms with Crippen LogP contribution in [-0.2, 0) is 25.5 Å². The Hall–Kier alpha value is -4.13. The van der Waals surface area contributed by atoms with Crippen LogP contribution >= 0.6 is 0 Å². The molecule has 0 aliphatic heterocycles. The van der Waals surface area contributed by atoms with E-state index in [0.717, 1.165) is 34.6 Å². The molecule has 0 fully saturated rings. The third-order valence-corrected chi connectivity index (χ3v) is 7.51. The van der Waals surface area contributed by atoms with Gasteiger partial charge in [0.05, 0.1) is 12.5 Å². The molecule has 3 atom stereocenters. The molecular formula is C38H50N2O5. The second-order valence-corrected chi connectivity index (χ2v) is 13.8. The van der Waals surface area contributed by atoms with Crippen LogP contribution in [0.3, 0.4) is 0 Å². The predicted molar refractivity (Wildman–Crippen MR) is 179 cm³/mol. The van der Waals surface area contributed by atoms with Crippen molar-refractivity contribution >= 4 is 17.8 Å². The lowest BCUT2D eigenvalue weighted by atomic mass is 9.85. The zero-order valence-electron chi connectivity index (χ0n) is 28.1. The van der Waals surface area contributed by atoms with Crippen molar-refractivity contribution in [3.05, 3.63) is 95.6 Å². The summed E-state index contributed by atoms with van der Waals surface area (Å²) < 4.78 is 11.6. The van der Waals surface area contributed by atoms with Gasteiger partial charge in [0.25, 0.3) is 0 Å². The van der Waals surface area contributed by atoms with E-state index >= 15 is 0 Å². The molecule has 3 unspecified atom stereocenters. The molecule has 3 aromatic carbocycles. The summed E-state index contributed by atoms with van der Waals surface area (Å²) in [7, 11) is 0. The minimum absolute atomic E-state index is 0.0646. The van der Waals surface area contributed by atoms with Gasteiger partial charge in [0, 0.05) is 5.92 Å². The smallest absolute Gasteiger partial charge is 0.307 e. The zero-order chi connectivity index (χ0) is 33.2. The van der Waals surface area contributed by atoms with Crippen LogP contribution in [0.5, 0.6) is 11.5 Å². The van der Waals surface area contributed by atoms with E-state index in [0.29, 0.717) is 12.8 Å². The molecular weight excluding hydrogens is 564 g/mol. The third kappa shape index (κ3) is 11.7. The molecule has 0 heterocycles. The fourth-order valence-electron chi connectivity index (χ4n) is 5.12. The van der Waals surface area contributed by atoms with E-state index in [2.05, 4.69) is 16.7 Å². The number of aryl methyl sites for hydroxylation is 2. The fraction of sp³-hybridized carbons (Fsp3) is 0.447. The van der Waals surface area contributed by atoms with Crippen LogP contribution in [-0.4, -0.2) is 29.4 Å². The molecule has 0 saturated carbocycles. The molecule has 0 aliphatic rings. The number of benzene rings is 3. The quantitative estimate of drug-likeness (QED) is 0.191. The van der Waals surface area contributed by atoms with Crippen LogP contribution in [0.1, 0.15) is 90.5 Å². The van der Waals surface area contributed by atoms with Gasteiger partial charge in [0.2, 0.25) is 11.8 Å². The van der Waals surface area contributed by atoms with Gasteiger partial charge in [-0.15, -0.1) is 0 Å². The van der Waals surface area contributed by atoms with Crippen LogP contribution in [0.4, 0.5) is 0 Å². The van der Waals surface area contributed by atoms with Gasteiger partial charge < -0.3 is 20.1 Å². The molecule has 2 amide bonds. The first-order valence-corrected chi connectivity index (χ1v) is 15.8. The van der Waals surface area contributed by atoms with Crippen molar-refractivity contribution in [1.29, 1.82) is 0 Å². The summed E-state index contributed by atoms with van der Waals surface area (Å²) in [4.78, 5) is 40.1. The van der Waals surface area contributed by atoms with Crippen molar-refractivity contribution in [1.82, 2.24) is 10.6 Å². The standard InChI is InChI=1S/C38H50N2O5/c1-26-24-28(22-23-32(26)44-31-20-13-10-14-21-31)16-15-19-30(25-33(41)45-38(6,7)8)35(42)40-34(37(3,4)5)36(43)39-27(2)29-17-11-9-12-18-29/h9-14,17-18,20-24,27,30,34H,15-16,19,25H2,1-8H3,(H,39,43)(H,40,42). The van der Waals surface area contributed by atoms with Crippen molar-refractivity contribution < 1.29 is 23.9 Å². The second kappa shape index (κ2) is 15.7. The van der Waals surface area contributed by atoms with E-state index in [1.165, 1.54) is 0 Å². The predicted octanol–water partition coefficient (Wildman–Crippen LogP) is 7.87. The van der Waals surface area contributed by atoms with Crippen molar-refractivity contribution in [2.45, 2.75) is 98.8 Å². The molecule has 2 N–H and O–H groups in total. The van der Waals surface area contributed by atoms with Crippen molar-refractivity contribution in [3.63, 3.8) is 0 Å². The van der Waals surface area contributed by atoms with Gasteiger partial charge in [-0.2, -0.15) is 0 Å². The Morgan fingerprint density at radius 1 is 0.800 bits per heavy atom. The molecule has 7 nitrogen and oxygen atoms in total. The molecule has 7 heteroatoms. The number of amides is 2. The van der Waals surface area contributed by atoms with E-state index < -0.39 is 28.9 Å². The Kier molecular flexibility index (Phi) is 12.4. The molecule has 0 aliphatic carbocycles. The Bertz CT molecular complexity index is 1410. The van der Waals surface area contributed by atoms with Gasteiger partial charge in [0.15, 0.2) is 0 Å². The van der Waals surface area contributed by atoms with Gasteiger partial charge in [-0.05, 0) is 94.2 Å². The minimum Gasteiger partial charge on any atom is -0.460 e. The molecule has 242 valence electrons. The van der Waals surface area contributed by atoms with Crippen LogP contribution in [0.15, 0.2) is 78.9 Å². The minimum atomic E-state index is -0.794. The first-order chi connectivity index (χ1) is 21.1. The Morgan fingerprint density at radius 2 is 1.42 bits per heavy atom. The van der Waals surface area contributed by atoms with E-state index in [9.17, 15) is 14.4 Å². The number of hydrogen-bond donors (Lipinski definition) is 2. The molecule has 0 aromatic heterocycles. The highest BCUT2D eigenvalue weighted by Gasteiger charge is 2.36. The van der Waals surface area contributed by atoms with E-state index in [-0.39, 0.29) is 24.3 Å². The van der Waals surface area contributed by atoms with Crippen molar-refractivity contribution in [3.8, 4) is 11.5 Å². The number of ether oxygens (including phenoxy) is 2. The van der Waals surface area contributed by atoms with Crippen molar-refractivity contribution in [2.75, 3.05) is 0 Å². The third-order valence-electron chi connectivity index (χ3n) is 7.51. The highest BCUT2D eigenvalue weighted by atomic mass is 16.6. The largest absolute Gasteiger partial charge is 0.460 e. The summed E-state index contributed by atoms with van der Waals surface area (Å²) in [5, 5.41) is 6.05. The molecule has 0 radical (unpaired) electrons. The van der Waals surface area contributed by atoms with E-state index in [1.807, 2.05) is 107 Å². The number of hydrogen-bond acceptors (Lipinski definition) is 5. The van der Waals surface area contributed by atoms with Gasteiger partial charge in [-0.25, -0.2) is 0 Å². The Labute approximate surface area is 269 Å². The number of carbonyl (C=O) groups excluding carboxylic acids is 3. The number of para-hydroxylation sites is 1. The maximum absolute atomic E-state index is 13.8. The summed E-state index contributed by atoms with van der Waals surface area (Å²) in [6.45, 7) is 15.1. The zero-order valence-corrected chi connectivity index (χ0v) is 28.1. The first-order valence-electron chi connectivity index (χ1n) is 15.8. The first kappa shape index (κ1) is 35.4. The summed E-state index contributed by atoms with van der Waals surface area (Å²) in [5.41, 5.74) is 1.88. The van der Waals surface area contributed by atoms with Gasteiger partial charge in [-0.3, -0.25) is 14.4 Å². The highest BCUT2D eigenvalue weighted by molar-refractivity contribution is 5.90. The van der Waals surface area contributed by atoms with E-state index in [1.54, 1.807) is 20.8 Å². The molecule has 0 bridgehead atoms. The monoisotopic (exact) mass is 614 g/mol. The van der Waals surface area contributed by atoms with Crippen LogP contribution in [0.25, 0.3) is 0 Å². The van der Waals surface area contributed by atoms with Gasteiger partial charge >= 0.3 is 5.97 Å². The lowest BCUT2D eigenvalue weighted by molar-refractivity contribution is -0.157. The number of esters is 1. The summed E-state index contributed by atoms with van der Waals surface area (Å²) in [5.74, 6) is -0.106. The maximum atomic E-state index is 13.8. The molecule has 3 rings (SSSR count). The summed E-state index contributed by atoms with van der Waals surface area (Å²) in [6.07, 6.45) is 1.80. The number of carbonyl (C=O) groups is 3. The molecule has 0 saturated heterocycles. The maximum Gasteiger partial charge on any atom is 0.307 e. The Balaban J connectivity index is 1.70. The molecule has 3 aromatic rings. The Morgan fingerprint density at radius 3 is 2.00 bits per heavy atom. The second-order valence-electron chi connectivity index (χ2n) is 13.8. The molecule has 45 heavy (non-hydrogen) atoms. The van der Waals surface area contributed by atoms with E-state index in [4.69, 9.17) is 9.47 Å². The SMILES string of the molecule is Cc1cc(CCCC(CC(=O)OC(C)(C)C)C(=O)NC(C(=O)NC(C)c2ccccc2)C(C)(C)C)ccc1Oc1ccccc1. The van der Waals surface area contributed by atoms with Gasteiger partial charge in [0.1, 0.15) is 23.1 Å². The lowest BCUT2D eigenvalue weighted by Crippen LogP contribution is -2.55. The molecule has 0 spiro atoms. The van der Waals surface area contributed by atoms with Crippen molar-refractivity contribution in [2.24, 2.45) is 11.3 Å². The number of rotatable bonds is 13. The normalized spacial score (nSPS) is 13.7. The lowest BCUT2D eigenvalue weighted by Gasteiger charge is -2.33. The summed E-state index contributed by atoms with van der Waals surface area (Å²) in [6, 6.07) is 24.4. The van der Waals surface area contributed by atoms with Crippen LogP contribution in [0, 0.1) is 18.3 Å². The van der Waals surface area contributed by atoms with Crippen LogP contribution < -0.4 is 15.4 Å².